The van der Waals surface area contributed by atoms with E-state index >= 15 is 0 Å². The Morgan fingerprint density at radius 2 is 1.83 bits per heavy atom. The van der Waals surface area contributed by atoms with Gasteiger partial charge in [-0.1, -0.05) is 30.3 Å². The molecule has 2 aliphatic rings. The molecule has 3 rings (SSSR count). The molecule has 2 unspecified atom stereocenters. The fourth-order valence-corrected chi connectivity index (χ4v) is 3.21. The van der Waals surface area contributed by atoms with Crippen LogP contribution >= 0.6 is 0 Å². The molecular weight excluding hydrogens is 306 g/mol. The van der Waals surface area contributed by atoms with Crippen molar-refractivity contribution in [2.75, 3.05) is 27.2 Å². The predicted octanol–water partition coefficient (Wildman–Crippen LogP) is 0.729. The van der Waals surface area contributed by atoms with Crippen LogP contribution in [0.4, 0.5) is 4.79 Å². The van der Waals surface area contributed by atoms with Gasteiger partial charge in [0.25, 0.3) is 5.91 Å². The fraction of sp³-hybridized carbons (Fsp3) is 0.471. The monoisotopic (exact) mass is 329 g/mol. The molecule has 3 amide bonds. The number of guanidine groups is 1. The zero-order valence-electron chi connectivity index (χ0n) is 14.3. The molecular formula is C17H23N5O2. The summed E-state index contributed by atoms with van der Waals surface area (Å²) in [6.45, 7) is 2.81. The van der Waals surface area contributed by atoms with Crippen molar-refractivity contribution in [2.45, 2.75) is 25.6 Å². The van der Waals surface area contributed by atoms with Gasteiger partial charge in [-0.15, -0.1) is 0 Å². The van der Waals surface area contributed by atoms with Crippen molar-refractivity contribution in [3.63, 3.8) is 0 Å². The summed E-state index contributed by atoms with van der Waals surface area (Å²) in [7, 11) is 3.55. The maximum absolute atomic E-state index is 12.6. The van der Waals surface area contributed by atoms with Crippen molar-refractivity contribution in [1.29, 1.82) is 0 Å². The van der Waals surface area contributed by atoms with Crippen LogP contribution in [0.25, 0.3) is 0 Å². The smallest absolute Gasteiger partial charge is 0.328 e. The van der Waals surface area contributed by atoms with E-state index in [0.29, 0.717) is 19.0 Å². The zero-order chi connectivity index (χ0) is 17.3. The predicted molar refractivity (Wildman–Crippen MR) is 91.5 cm³/mol. The van der Waals surface area contributed by atoms with E-state index in [9.17, 15) is 9.59 Å². The molecule has 0 aromatic heterocycles. The number of fused-ring (bicyclic) bond motifs is 1. The van der Waals surface area contributed by atoms with E-state index in [2.05, 4.69) is 22.4 Å². The quantitative estimate of drug-likeness (QED) is 0.884. The molecule has 0 bridgehead atoms. The lowest BCUT2D eigenvalue weighted by molar-refractivity contribution is -0.136. The number of likely N-dealkylation sites (N-methyl/N-ethyl adjacent to an activating group) is 3. The van der Waals surface area contributed by atoms with Crippen LogP contribution in [0.15, 0.2) is 35.3 Å². The van der Waals surface area contributed by atoms with Gasteiger partial charge in [0.2, 0.25) is 0 Å². The topological polar surface area (TPSA) is 68.2 Å². The van der Waals surface area contributed by atoms with E-state index in [1.165, 1.54) is 10.5 Å². The van der Waals surface area contributed by atoms with Crippen molar-refractivity contribution in [2.24, 2.45) is 4.99 Å². The molecule has 7 heteroatoms. The number of hydrogen-bond donors (Lipinski definition) is 1. The molecule has 2 fully saturated rings. The highest BCUT2D eigenvalue weighted by molar-refractivity contribution is 6.04. The third-order valence-corrected chi connectivity index (χ3v) is 4.62. The number of hydrogen-bond acceptors (Lipinski definition) is 3. The normalized spacial score (nSPS) is 25.3. The van der Waals surface area contributed by atoms with Gasteiger partial charge in [-0.25, -0.2) is 4.79 Å². The molecule has 2 aliphatic heterocycles. The molecule has 2 heterocycles. The Bertz CT molecular complexity index is 660. The molecule has 0 saturated carbocycles. The first kappa shape index (κ1) is 16.3. The van der Waals surface area contributed by atoms with Crippen LogP contribution in [-0.2, 0) is 11.2 Å². The minimum Gasteiger partial charge on any atom is -0.334 e. The van der Waals surface area contributed by atoms with E-state index in [1.807, 2.05) is 30.1 Å². The van der Waals surface area contributed by atoms with E-state index in [0.717, 1.165) is 6.42 Å². The third-order valence-electron chi connectivity index (χ3n) is 4.62. The number of rotatable bonds is 4. The lowest BCUT2D eigenvalue weighted by Crippen LogP contribution is -2.65. The van der Waals surface area contributed by atoms with Crippen LogP contribution in [0.3, 0.4) is 0 Å². The van der Waals surface area contributed by atoms with E-state index in [4.69, 9.17) is 0 Å². The number of aliphatic imine (C=N–C) groups is 1. The molecule has 0 radical (unpaired) electrons. The molecule has 1 aromatic carbocycles. The van der Waals surface area contributed by atoms with Gasteiger partial charge in [0.05, 0.1) is 0 Å². The molecule has 24 heavy (non-hydrogen) atoms. The first-order chi connectivity index (χ1) is 11.5. The number of nitrogens with one attached hydrogen (secondary N) is 1. The van der Waals surface area contributed by atoms with Crippen LogP contribution < -0.4 is 5.32 Å². The molecule has 7 nitrogen and oxygen atoms in total. The summed E-state index contributed by atoms with van der Waals surface area (Å²) < 4.78 is 0. The van der Waals surface area contributed by atoms with Gasteiger partial charge >= 0.3 is 6.03 Å². The maximum Gasteiger partial charge on any atom is 0.328 e. The Labute approximate surface area is 141 Å². The minimum absolute atomic E-state index is 0.172. The van der Waals surface area contributed by atoms with Crippen molar-refractivity contribution in [1.82, 2.24) is 20.0 Å². The van der Waals surface area contributed by atoms with E-state index in [1.54, 1.807) is 18.9 Å². The van der Waals surface area contributed by atoms with Crippen LogP contribution in [0, 0.1) is 0 Å². The van der Waals surface area contributed by atoms with Crippen LogP contribution in [0.1, 0.15) is 12.5 Å². The standard InChI is InChI=1S/C17H23N5O2/c1-4-22-15(23)13-14(21(3)17(22)24)19-16(20(13)2)18-11-10-12-8-6-5-7-9-12/h5-9,13-14H,4,10-11H2,1-3H3,(H,18,19). The van der Waals surface area contributed by atoms with Crippen LogP contribution in [0.5, 0.6) is 0 Å². The Hall–Kier alpha value is -2.57. The lowest BCUT2D eigenvalue weighted by Gasteiger charge is -2.39. The summed E-state index contributed by atoms with van der Waals surface area (Å²) in [5, 5.41) is 3.22. The molecule has 0 spiro atoms. The fourth-order valence-electron chi connectivity index (χ4n) is 3.21. The van der Waals surface area contributed by atoms with Crippen molar-refractivity contribution in [3.8, 4) is 0 Å². The summed E-state index contributed by atoms with van der Waals surface area (Å²) in [6, 6.07) is 9.45. The highest BCUT2D eigenvalue weighted by atomic mass is 16.2. The second-order valence-electron chi connectivity index (χ2n) is 6.06. The Morgan fingerprint density at radius 1 is 1.12 bits per heavy atom. The Morgan fingerprint density at radius 3 is 2.50 bits per heavy atom. The van der Waals surface area contributed by atoms with E-state index in [-0.39, 0.29) is 18.1 Å². The number of carbonyl (C=O) groups excluding carboxylic acids is 2. The number of benzene rings is 1. The Balaban J connectivity index is 1.73. The lowest BCUT2D eigenvalue weighted by atomic mass is 10.1. The van der Waals surface area contributed by atoms with Gasteiger partial charge in [0, 0.05) is 27.2 Å². The summed E-state index contributed by atoms with van der Waals surface area (Å²) >= 11 is 0. The van der Waals surface area contributed by atoms with Gasteiger partial charge < -0.3 is 15.1 Å². The summed E-state index contributed by atoms with van der Waals surface area (Å²) in [5.41, 5.74) is 1.22. The van der Waals surface area contributed by atoms with Crippen LogP contribution in [0.2, 0.25) is 0 Å². The Kier molecular flexibility index (Phi) is 4.42. The summed E-state index contributed by atoms with van der Waals surface area (Å²) in [4.78, 5) is 34.1. The van der Waals surface area contributed by atoms with Crippen molar-refractivity contribution < 1.29 is 9.59 Å². The first-order valence-electron chi connectivity index (χ1n) is 8.20. The molecule has 128 valence electrons. The van der Waals surface area contributed by atoms with Gasteiger partial charge in [-0.3, -0.25) is 14.7 Å². The second kappa shape index (κ2) is 6.51. The minimum atomic E-state index is -0.428. The van der Waals surface area contributed by atoms with Gasteiger partial charge in [0.15, 0.2) is 12.0 Å². The number of nitrogens with zero attached hydrogens (tertiary/aromatic N) is 4. The second-order valence-corrected chi connectivity index (χ2v) is 6.06. The third kappa shape index (κ3) is 2.70. The van der Waals surface area contributed by atoms with Crippen molar-refractivity contribution >= 4 is 17.9 Å². The van der Waals surface area contributed by atoms with Gasteiger partial charge in [-0.05, 0) is 18.9 Å². The number of imide groups is 1. The highest BCUT2D eigenvalue weighted by Crippen LogP contribution is 2.23. The molecule has 2 saturated heterocycles. The summed E-state index contributed by atoms with van der Waals surface area (Å²) in [5.74, 6) is 0.487. The molecule has 1 N–H and O–H groups in total. The molecule has 0 aliphatic carbocycles. The molecule has 2 atom stereocenters. The van der Waals surface area contributed by atoms with E-state index < -0.39 is 6.04 Å². The zero-order valence-corrected chi connectivity index (χ0v) is 14.3. The maximum atomic E-state index is 12.6. The number of amides is 3. The number of carbonyl (C=O) groups is 2. The van der Waals surface area contributed by atoms with Crippen LogP contribution in [-0.4, -0.2) is 72.0 Å². The van der Waals surface area contributed by atoms with Gasteiger partial charge in [0.1, 0.15) is 6.17 Å². The van der Waals surface area contributed by atoms with Gasteiger partial charge in [-0.2, -0.15) is 0 Å². The number of urea groups is 1. The highest BCUT2D eigenvalue weighted by Gasteiger charge is 2.51. The SMILES string of the molecule is CCN1C(=O)C2C(NC(=NCCc3ccccc3)N2C)N(C)C1=O. The van der Waals surface area contributed by atoms with Crippen molar-refractivity contribution in [3.05, 3.63) is 35.9 Å². The largest absolute Gasteiger partial charge is 0.334 e. The first-order valence-corrected chi connectivity index (χ1v) is 8.20. The summed E-state index contributed by atoms with van der Waals surface area (Å²) in [6.07, 6.45) is 0.465. The average molecular weight is 329 g/mol. The molecule has 1 aromatic rings. The average Bonchev–Trinajstić information content (AvgIpc) is 2.92.